The molecule has 2 aromatic heterocycles. The summed E-state index contributed by atoms with van der Waals surface area (Å²) in [5.74, 6) is 0.939. The Kier molecular flexibility index (Phi) is 5.49. The molecule has 1 aliphatic rings. The summed E-state index contributed by atoms with van der Waals surface area (Å²) >= 11 is 0. The van der Waals surface area contributed by atoms with Crippen LogP contribution in [0.25, 0.3) is 0 Å². The molecule has 0 spiro atoms. The lowest BCUT2D eigenvalue weighted by Crippen LogP contribution is -2.45. The number of nitrogens with one attached hydrogen (secondary N) is 3. The number of carbonyl (C=O) groups is 1. The highest BCUT2D eigenvalue weighted by Crippen LogP contribution is 2.18. The lowest BCUT2D eigenvalue weighted by atomic mass is 10.2. The van der Waals surface area contributed by atoms with E-state index in [9.17, 15) is 4.79 Å². The molecule has 2 aromatic rings. The smallest absolute Gasteiger partial charge is 0.315 e. The van der Waals surface area contributed by atoms with E-state index < -0.39 is 0 Å². The number of morpholine rings is 1. The number of H-pyrrole nitrogens is 1. The molecular weight excluding hydrogens is 320 g/mol. The number of ether oxygens (including phenoxy) is 1. The van der Waals surface area contributed by atoms with Gasteiger partial charge in [-0.15, -0.1) is 0 Å². The molecular formula is C17H24N6O2. The second-order valence-corrected chi connectivity index (χ2v) is 6.31. The van der Waals surface area contributed by atoms with Gasteiger partial charge < -0.3 is 20.3 Å². The van der Waals surface area contributed by atoms with E-state index in [1.54, 1.807) is 12.4 Å². The summed E-state index contributed by atoms with van der Waals surface area (Å²) in [6.45, 7) is 6.66. The van der Waals surface area contributed by atoms with Crippen molar-refractivity contribution in [3.05, 3.63) is 41.9 Å². The summed E-state index contributed by atoms with van der Waals surface area (Å²) in [5, 5.41) is 12.2. The largest absolute Gasteiger partial charge is 0.372 e. The first kappa shape index (κ1) is 17.2. The summed E-state index contributed by atoms with van der Waals surface area (Å²) < 4.78 is 5.75. The first-order chi connectivity index (χ1) is 12.1. The van der Waals surface area contributed by atoms with Gasteiger partial charge in [0.15, 0.2) is 0 Å². The zero-order valence-electron chi connectivity index (χ0n) is 14.5. The Morgan fingerprint density at radius 2 is 2.00 bits per heavy atom. The first-order valence-electron chi connectivity index (χ1n) is 8.45. The van der Waals surface area contributed by atoms with Crippen molar-refractivity contribution < 1.29 is 9.53 Å². The Bertz CT molecular complexity index is 663. The van der Waals surface area contributed by atoms with Crippen molar-refractivity contribution in [3.8, 4) is 0 Å². The quantitative estimate of drug-likeness (QED) is 0.762. The number of pyridine rings is 1. The fourth-order valence-electron chi connectivity index (χ4n) is 2.88. The van der Waals surface area contributed by atoms with Crippen LogP contribution < -0.4 is 15.5 Å². The van der Waals surface area contributed by atoms with Gasteiger partial charge in [-0.1, -0.05) is 6.07 Å². The molecule has 8 heteroatoms. The zero-order chi connectivity index (χ0) is 17.6. The summed E-state index contributed by atoms with van der Waals surface area (Å²) in [5.41, 5.74) is 1.81. The number of carbonyl (C=O) groups excluding carboxylic acids is 1. The standard InChI is InChI=1S/C17H24N6O2/c1-12-10-23(11-13(2)25-12)16-4-3-14(7-18-16)8-19-17(24)20-9-15-5-6-21-22-15/h3-7,12-13H,8-11H2,1-2H3,(H,21,22)(H2,19,20,24)/t12-,13-/m1/s1. The molecule has 2 atom stereocenters. The summed E-state index contributed by atoms with van der Waals surface area (Å²) in [4.78, 5) is 18.5. The van der Waals surface area contributed by atoms with Crippen LogP contribution in [0.2, 0.25) is 0 Å². The van der Waals surface area contributed by atoms with Gasteiger partial charge in [-0.3, -0.25) is 5.10 Å². The fraction of sp³-hybridized carbons (Fsp3) is 0.471. The number of hydrogen-bond acceptors (Lipinski definition) is 5. The van der Waals surface area contributed by atoms with Gasteiger partial charge in [0.25, 0.3) is 0 Å². The highest BCUT2D eigenvalue weighted by Gasteiger charge is 2.22. The van der Waals surface area contributed by atoms with Crippen molar-refractivity contribution in [1.82, 2.24) is 25.8 Å². The maximum atomic E-state index is 11.8. The van der Waals surface area contributed by atoms with Crippen molar-refractivity contribution in [2.24, 2.45) is 0 Å². The van der Waals surface area contributed by atoms with Crippen molar-refractivity contribution in [1.29, 1.82) is 0 Å². The third kappa shape index (κ3) is 4.93. The molecule has 0 unspecified atom stereocenters. The van der Waals surface area contributed by atoms with Crippen LogP contribution in [0.1, 0.15) is 25.1 Å². The first-order valence-corrected chi connectivity index (χ1v) is 8.45. The average molecular weight is 344 g/mol. The lowest BCUT2D eigenvalue weighted by Gasteiger charge is -2.36. The van der Waals surface area contributed by atoms with Gasteiger partial charge in [0.2, 0.25) is 0 Å². The third-order valence-corrected chi connectivity index (χ3v) is 4.00. The SMILES string of the molecule is C[C@@H]1CN(c2ccc(CNC(=O)NCc3ccn[nH]3)cn2)C[C@@H](C)O1. The monoisotopic (exact) mass is 344 g/mol. The van der Waals surface area contributed by atoms with Gasteiger partial charge >= 0.3 is 6.03 Å². The number of aromatic amines is 1. The molecule has 0 radical (unpaired) electrons. The van der Waals surface area contributed by atoms with E-state index in [4.69, 9.17) is 4.74 Å². The van der Waals surface area contributed by atoms with Crippen LogP contribution in [-0.4, -0.2) is 46.5 Å². The number of aromatic nitrogens is 3. The summed E-state index contributed by atoms with van der Waals surface area (Å²) in [6, 6.07) is 5.57. The van der Waals surface area contributed by atoms with Crippen LogP contribution in [0.15, 0.2) is 30.6 Å². The molecule has 8 nitrogen and oxygen atoms in total. The lowest BCUT2D eigenvalue weighted by molar-refractivity contribution is -0.00546. The Morgan fingerprint density at radius 3 is 2.64 bits per heavy atom. The molecule has 3 rings (SSSR count). The molecule has 0 aromatic carbocycles. The van der Waals surface area contributed by atoms with Gasteiger partial charge in [0, 0.05) is 32.0 Å². The Hall–Kier alpha value is -2.61. The van der Waals surface area contributed by atoms with Crippen LogP contribution in [0.3, 0.4) is 0 Å². The molecule has 1 saturated heterocycles. The van der Waals surface area contributed by atoms with Crippen molar-refractivity contribution >= 4 is 11.8 Å². The van der Waals surface area contributed by atoms with Crippen LogP contribution >= 0.6 is 0 Å². The van der Waals surface area contributed by atoms with Crippen molar-refractivity contribution in [2.75, 3.05) is 18.0 Å². The van der Waals surface area contributed by atoms with Gasteiger partial charge in [-0.25, -0.2) is 9.78 Å². The maximum absolute atomic E-state index is 11.8. The number of rotatable bonds is 5. The zero-order valence-corrected chi connectivity index (χ0v) is 14.5. The normalized spacial score (nSPS) is 20.3. The van der Waals surface area contributed by atoms with E-state index in [2.05, 4.69) is 44.6 Å². The van der Waals surface area contributed by atoms with E-state index >= 15 is 0 Å². The van der Waals surface area contributed by atoms with Gasteiger partial charge in [-0.2, -0.15) is 5.10 Å². The fourth-order valence-corrected chi connectivity index (χ4v) is 2.88. The number of anilines is 1. The molecule has 1 aliphatic heterocycles. The predicted octanol–water partition coefficient (Wildman–Crippen LogP) is 1.42. The molecule has 134 valence electrons. The molecule has 3 heterocycles. The highest BCUT2D eigenvalue weighted by atomic mass is 16.5. The molecule has 1 fully saturated rings. The number of urea groups is 1. The molecule has 25 heavy (non-hydrogen) atoms. The van der Waals surface area contributed by atoms with Gasteiger partial charge in [0.1, 0.15) is 5.82 Å². The minimum atomic E-state index is -0.227. The Labute approximate surface area is 147 Å². The van der Waals surface area contributed by atoms with Crippen molar-refractivity contribution in [3.63, 3.8) is 0 Å². The van der Waals surface area contributed by atoms with Gasteiger partial charge in [0.05, 0.1) is 24.4 Å². The van der Waals surface area contributed by atoms with E-state index in [1.165, 1.54) is 0 Å². The molecule has 0 bridgehead atoms. The molecule has 3 N–H and O–H groups in total. The third-order valence-electron chi connectivity index (χ3n) is 4.00. The Morgan fingerprint density at radius 1 is 1.24 bits per heavy atom. The van der Waals surface area contributed by atoms with Crippen LogP contribution in [0, 0.1) is 0 Å². The summed E-state index contributed by atoms with van der Waals surface area (Å²) in [6.07, 6.45) is 3.85. The molecule has 0 aliphatic carbocycles. The average Bonchev–Trinajstić information content (AvgIpc) is 3.11. The van der Waals surface area contributed by atoms with Crippen LogP contribution in [0.4, 0.5) is 10.6 Å². The minimum absolute atomic E-state index is 0.200. The van der Waals surface area contributed by atoms with Gasteiger partial charge in [-0.05, 0) is 31.5 Å². The number of nitrogens with zero attached hydrogens (tertiary/aromatic N) is 3. The van der Waals surface area contributed by atoms with E-state index in [0.29, 0.717) is 13.1 Å². The minimum Gasteiger partial charge on any atom is -0.372 e. The van der Waals surface area contributed by atoms with Crippen molar-refractivity contribution in [2.45, 2.75) is 39.1 Å². The molecule has 0 saturated carbocycles. The maximum Gasteiger partial charge on any atom is 0.315 e. The Balaban J connectivity index is 1.46. The predicted molar refractivity (Wildman–Crippen MR) is 94.1 cm³/mol. The summed E-state index contributed by atoms with van der Waals surface area (Å²) in [7, 11) is 0. The van der Waals surface area contributed by atoms with Crippen LogP contribution in [-0.2, 0) is 17.8 Å². The second kappa shape index (κ2) is 7.98. The highest BCUT2D eigenvalue weighted by molar-refractivity contribution is 5.73. The number of amides is 2. The second-order valence-electron chi connectivity index (χ2n) is 6.31. The molecule has 2 amide bonds. The van der Waals surface area contributed by atoms with E-state index in [0.717, 1.165) is 30.2 Å². The van der Waals surface area contributed by atoms with Crippen LogP contribution in [0.5, 0.6) is 0 Å². The van der Waals surface area contributed by atoms with E-state index in [-0.39, 0.29) is 18.2 Å². The topological polar surface area (TPSA) is 95.2 Å². The van der Waals surface area contributed by atoms with E-state index in [1.807, 2.05) is 18.2 Å². The number of hydrogen-bond donors (Lipinski definition) is 3.